The molecule has 4 rings (SSSR count). The van der Waals surface area contributed by atoms with Gasteiger partial charge < -0.3 is 21.0 Å². The summed E-state index contributed by atoms with van der Waals surface area (Å²) in [5.74, 6) is 0. The highest BCUT2D eigenvalue weighted by molar-refractivity contribution is 6.33. The molecule has 1 aliphatic heterocycles. The monoisotopic (exact) mass is 453 g/mol. The number of halogens is 2. The number of rotatable bonds is 7. The topological polar surface area (TPSA) is 76.6 Å². The Bertz CT molecular complexity index is 1110. The minimum atomic E-state index is -0.0346. The molecule has 160 valence electrons. The first-order valence-corrected chi connectivity index (χ1v) is 11.2. The number of hydrogen-bond acceptors (Lipinski definition) is 4. The van der Waals surface area contributed by atoms with Gasteiger partial charge in [0.1, 0.15) is 5.65 Å². The van der Waals surface area contributed by atoms with E-state index in [0.29, 0.717) is 12.6 Å². The number of hydrogen-bond donors (Lipinski definition) is 4. The van der Waals surface area contributed by atoms with Crippen LogP contribution in [0.4, 0.5) is 0 Å². The Morgan fingerprint density at radius 2 is 2.26 bits per heavy atom. The highest BCUT2D eigenvalue weighted by Crippen LogP contribution is 2.28. The fraction of sp³-hybridized carbons (Fsp3) is 0.250. The average Bonchev–Trinajstić information content (AvgIpc) is 3.20. The van der Waals surface area contributed by atoms with Crippen molar-refractivity contribution in [2.75, 3.05) is 13.1 Å². The number of nitrogens with zero attached hydrogens (tertiary/aromatic N) is 1. The maximum atomic E-state index is 7.87. The molecule has 1 aliphatic carbocycles. The first-order chi connectivity index (χ1) is 15.1. The minimum absolute atomic E-state index is 0.0346. The molecule has 3 heterocycles. The van der Waals surface area contributed by atoms with Crippen LogP contribution in [0.25, 0.3) is 22.7 Å². The van der Waals surface area contributed by atoms with E-state index in [1.54, 1.807) is 6.20 Å². The smallest absolute Gasteiger partial charge is 0.137 e. The Hall–Kier alpha value is -2.60. The van der Waals surface area contributed by atoms with Gasteiger partial charge in [-0.05, 0) is 36.3 Å². The van der Waals surface area contributed by atoms with Gasteiger partial charge in [-0.2, -0.15) is 0 Å². The van der Waals surface area contributed by atoms with Gasteiger partial charge in [-0.1, -0.05) is 48.1 Å². The fourth-order valence-corrected chi connectivity index (χ4v) is 4.10. The molecule has 0 spiro atoms. The summed E-state index contributed by atoms with van der Waals surface area (Å²) in [5.41, 5.74) is 4.48. The van der Waals surface area contributed by atoms with Crippen molar-refractivity contribution in [3.05, 3.63) is 76.8 Å². The molecule has 2 aromatic heterocycles. The summed E-state index contributed by atoms with van der Waals surface area (Å²) in [6, 6.07) is 2.42. The number of pyridine rings is 1. The third kappa shape index (κ3) is 5.37. The van der Waals surface area contributed by atoms with E-state index in [1.165, 1.54) is 6.21 Å². The van der Waals surface area contributed by atoms with Gasteiger partial charge in [0.2, 0.25) is 0 Å². The molecular formula is C24H25Cl2N5. The Labute approximate surface area is 192 Å². The van der Waals surface area contributed by atoms with Crippen LogP contribution >= 0.6 is 23.2 Å². The van der Waals surface area contributed by atoms with Crippen molar-refractivity contribution in [3.8, 4) is 0 Å². The molecule has 0 saturated carbocycles. The van der Waals surface area contributed by atoms with Crippen molar-refractivity contribution in [3.63, 3.8) is 0 Å². The summed E-state index contributed by atoms with van der Waals surface area (Å²) in [6.45, 7) is 1.67. The molecule has 5 nitrogen and oxygen atoms in total. The predicted molar refractivity (Wildman–Crippen MR) is 132 cm³/mol. The van der Waals surface area contributed by atoms with Crippen LogP contribution in [0.5, 0.6) is 0 Å². The third-order valence-electron chi connectivity index (χ3n) is 5.40. The average molecular weight is 454 g/mol. The van der Waals surface area contributed by atoms with E-state index in [0.717, 1.165) is 57.7 Å². The van der Waals surface area contributed by atoms with Crippen molar-refractivity contribution in [1.82, 2.24) is 20.6 Å². The van der Waals surface area contributed by atoms with Gasteiger partial charge in [-0.15, -0.1) is 11.6 Å². The lowest BCUT2D eigenvalue weighted by molar-refractivity contribution is 0.553. The van der Waals surface area contributed by atoms with E-state index in [1.807, 2.05) is 42.8 Å². The molecule has 31 heavy (non-hydrogen) atoms. The van der Waals surface area contributed by atoms with Crippen LogP contribution in [0.1, 0.15) is 24.0 Å². The molecule has 7 heteroatoms. The zero-order valence-electron chi connectivity index (χ0n) is 17.0. The highest BCUT2D eigenvalue weighted by atomic mass is 35.5. The van der Waals surface area contributed by atoms with Crippen LogP contribution in [-0.4, -0.2) is 40.7 Å². The van der Waals surface area contributed by atoms with E-state index in [4.69, 9.17) is 28.6 Å². The number of nitrogens with one attached hydrogen (secondary N) is 4. The Kier molecular flexibility index (Phi) is 7.07. The molecule has 2 aliphatic rings. The molecular weight excluding hydrogens is 429 g/mol. The van der Waals surface area contributed by atoms with Gasteiger partial charge >= 0.3 is 0 Å². The van der Waals surface area contributed by atoms with Gasteiger partial charge in [-0.25, -0.2) is 4.98 Å². The Morgan fingerprint density at radius 1 is 1.35 bits per heavy atom. The quantitative estimate of drug-likeness (QED) is 0.346. The lowest BCUT2D eigenvalue weighted by Crippen LogP contribution is -2.33. The van der Waals surface area contributed by atoms with E-state index in [-0.39, 0.29) is 5.38 Å². The van der Waals surface area contributed by atoms with Gasteiger partial charge in [0.15, 0.2) is 0 Å². The van der Waals surface area contributed by atoms with Crippen molar-refractivity contribution >= 4 is 52.1 Å². The zero-order chi connectivity index (χ0) is 21.6. The molecule has 0 radical (unpaired) electrons. The van der Waals surface area contributed by atoms with E-state index in [2.05, 4.69) is 32.7 Å². The number of aromatic amines is 1. The van der Waals surface area contributed by atoms with E-state index in [9.17, 15) is 0 Å². The van der Waals surface area contributed by atoms with Gasteiger partial charge in [0, 0.05) is 59.3 Å². The van der Waals surface area contributed by atoms with Crippen LogP contribution in [0, 0.1) is 5.41 Å². The van der Waals surface area contributed by atoms with Crippen LogP contribution in [0.3, 0.4) is 0 Å². The van der Waals surface area contributed by atoms with Crippen molar-refractivity contribution < 1.29 is 0 Å². The highest BCUT2D eigenvalue weighted by Gasteiger charge is 2.11. The van der Waals surface area contributed by atoms with E-state index < -0.39 is 0 Å². The fourth-order valence-electron chi connectivity index (χ4n) is 3.66. The number of alkyl halides is 1. The molecule has 0 amide bonds. The molecule has 2 atom stereocenters. The normalized spacial score (nSPS) is 21.8. The van der Waals surface area contributed by atoms with Crippen LogP contribution in [-0.2, 0) is 0 Å². The van der Waals surface area contributed by atoms with Gasteiger partial charge in [0.05, 0.1) is 5.38 Å². The summed E-state index contributed by atoms with van der Waals surface area (Å²) in [4.78, 5) is 7.75. The maximum Gasteiger partial charge on any atom is 0.137 e. The van der Waals surface area contributed by atoms with Crippen LogP contribution in [0.2, 0.25) is 0 Å². The molecule has 0 saturated heterocycles. The lowest BCUT2D eigenvalue weighted by atomic mass is 10.0. The molecule has 0 fully saturated rings. The number of aromatic nitrogens is 2. The van der Waals surface area contributed by atoms with Crippen LogP contribution < -0.4 is 10.6 Å². The SMILES string of the molecule is N=C/C(=C\CNC1C=CNCC1)c1cnc2[nH]cc(/C=C/C3=CC(Cl)CC=C3Cl)c2c1. The number of fused-ring (bicyclic) bond motifs is 1. The van der Waals surface area contributed by atoms with Crippen LogP contribution in [0.15, 0.2) is 65.6 Å². The summed E-state index contributed by atoms with van der Waals surface area (Å²) in [6.07, 6.45) is 21.0. The summed E-state index contributed by atoms with van der Waals surface area (Å²) in [7, 11) is 0. The summed E-state index contributed by atoms with van der Waals surface area (Å²) < 4.78 is 0. The first-order valence-electron chi connectivity index (χ1n) is 10.4. The summed E-state index contributed by atoms with van der Waals surface area (Å²) in [5, 5.41) is 16.2. The predicted octanol–water partition coefficient (Wildman–Crippen LogP) is 5.13. The number of H-pyrrole nitrogens is 1. The molecule has 2 aromatic rings. The van der Waals surface area contributed by atoms with Crippen molar-refractivity contribution in [1.29, 1.82) is 5.41 Å². The molecule has 2 unspecified atom stereocenters. The number of allylic oxidation sites excluding steroid dienone is 6. The second kappa shape index (κ2) is 10.1. The molecule has 4 N–H and O–H groups in total. The second-order valence-electron chi connectivity index (χ2n) is 7.54. The van der Waals surface area contributed by atoms with E-state index >= 15 is 0 Å². The Morgan fingerprint density at radius 3 is 3.06 bits per heavy atom. The second-order valence-corrected chi connectivity index (χ2v) is 8.51. The van der Waals surface area contributed by atoms with Crippen molar-refractivity contribution in [2.24, 2.45) is 0 Å². The Balaban J connectivity index is 1.54. The largest absolute Gasteiger partial charge is 0.391 e. The first kappa shape index (κ1) is 21.6. The lowest BCUT2D eigenvalue weighted by Gasteiger charge is -2.18. The maximum absolute atomic E-state index is 7.87. The molecule has 0 aromatic carbocycles. The zero-order valence-corrected chi connectivity index (χ0v) is 18.5. The minimum Gasteiger partial charge on any atom is -0.391 e. The standard InChI is InChI=1S/C24H25Cl2N5/c25-20-3-4-23(26)16(11-20)1-2-18-14-30-24-22(18)12-19(15-31-24)17(13-27)5-10-29-21-6-8-28-9-7-21/h1-2,4-6,8,11-15,20-21,27-29H,3,7,9-10H2,(H,30,31)/b2-1+,17-5+,27-13?. The molecule has 0 bridgehead atoms. The summed E-state index contributed by atoms with van der Waals surface area (Å²) >= 11 is 12.5. The van der Waals surface area contributed by atoms with Gasteiger partial charge in [-0.3, -0.25) is 0 Å². The van der Waals surface area contributed by atoms with Gasteiger partial charge in [0.25, 0.3) is 0 Å². The third-order valence-corrected chi connectivity index (χ3v) is 6.08. The van der Waals surface area contributed by atoms with Crippen molar-refractivity contribution in [2.45, 2.75) is 24.3 Å².